The van der Waals surface area contributed by atoms with E-state index in [9.17, 15) is 19.7 Å². The van der Waals surface area contributed by atoms with Gasteiger partial charge in [0, 0.05) is 6.04 Å². The number of rotatable bonds is 7. The Kier molecular flexibility index (Phi) is 8.15. The van der Waals surface area contributed by atoms with Crippen LogP contribution in [0.4, 0.5) is 0 Å². The second-order valence-electron chi connectivity index (χ2n) is 12.0. The SMILES string of the molecule is CC/C(=C\c1cccc(O)c1)CC[C@H]1OB(O)C[C@H]2C1=C(C(C)C)C[C@H]1C(=O)N(C3CCCCC3)C(=O)[C@H]12. The lowest BCUT2D eigenvalue weighted by molar-refractivity contribution is -0.143. The van der Waals surface area contributed by atoms with Crippen LogP contribution in [0.1, 0.15) is 84.1 Å². The summed E-state index contributed by atoms with van der Waals surface area (Å²) in [7, 11) is -0.937. The molecule has 2 aliphatic carbocycles. The van der Waals surface area contributed by atoms with E-state index in [-0.39, 0.29) is 53.4 Å². The number of carbonyl (C=O) groups excluding carboxylic acids is 2. The van der Waals surface area contributed by atoms with Crippen LogP contribution in [0.5, 0.6) is 5.75 Å². The summed E-state index contributed by atoms with van der Waals surface area (Å²) in [6, 6.07) is 7.28. The number of fused-ring (bicyclic) bond motifs is 3. The van der Waals surface area contributed by atoms with Gasteiger partial charge in [0.05, 0.1) is 17.9 Å². The van der Waals surface area contributed by atoms with Crippen molar-refractivity contribution in [3.8, 4) is 5.75 Å². The van der Waals surface area contributed by atoms with Gasteiger partial charge in [-0.05, 0) is 80.0 Å². The van der Waals surface area contributed by atoms with Gasteiger partial charge in [-0.15, -0.1) is 0 Å². The normalized spacial score (nSPS) is 28.8. The number of carbonyl (C=O) groups is 2. The number of aromatic hydroxyl groups is 1. The van der Waals surface area contributed by atoms with E-state index in [4.69, 9.17) is 4.65 Å². The zero-order valence-corrected chi connectivity index (χ0v) is 23.1. The number of nitrogens with zero attached hydrogens (tertiary/aromatic N) is 1. The predicted octanol–water partition coefficient (Wildman–Crippen LogP) is 5.75. The third-order valence-electron chi connectivity index (χ3n) is 9.34. The molecule has 0 unspecified atom stereocenters. The van der Waals surface area contributed by atoms with Gasteiger partial charge >= 0.3 is 7.12 Å². The summed E-state index contributed by atoms with van der Waals surface area (Å²) in [6.07, 6.45) is 10.4. The highest BCUT2D eigenvalue weighted by atomic mass is 16.5. The fourth-order valence-corrected chi connectivity index (χ4v) is 7.49. The van der Waals surface area contributed by atoms with Crippen molar-refractivity contribution in [2.75, 3.05) is 0 Å². The smallest absolute Gasteiger partial charge is 0.455 e. The number of phenols is 1. The molecule has 3 fully saturated rings. The molecule has 38 heavy (non-hydrogen) atoms. The van der Waals surface area contributed by atoms with Crippen LogP contribution in [0, 0.1) is 23.7 Å². The van der Waals surface area contributed by atoms with Gasteiger partial charge in [0.25, 0.3) is 0 Å². The molecule has 2 saturated heterocycles. The highest BCUT2D eigenvalue weighted by Gasteiger charge is 2.58. The molecule has 2 aliphatic heterocycles. The topological polar surface area (TPSA) is 87.1 Å². The van der Waals surface area contributed by atoms with Crippen LogP contribution in [0.25, 0.3) is 6.08 Å². The van der Waals surface area contributed by atoms with Crippen molar-refractivity contribution in [3.05, 3.63) is 46.5 Å². The lowest BCUT2D eigenvalue weighted by Gasteiger charge is -2.44. The third-order valence-corrected chi connectivity index (χ3v) is 9.34. The van der Waals surface area contributed by atoms with E-state index < -0.39 is 7.12 Å². The maximum absolute atomic E-state index is 13.9. The lowest BCUT2D eigenvalue weighted by atomic mass is 9.57. The van der Waals surface area contributed by atoms with E-state index in [0.29, 0.717) is 19.2 Å². The molecule has 1 saturated carbocycles. The van der Waals surface area contributed by atoms with Crippen LogP contribution in [0.2, 0.25) is 6.32 Å². The quantitative estimate of drug-likeness (QED) is 0.272. The number of benzene rings is 1. The monoisotopic (exact) mass is 519 g/mol. The predicted molar refractivity (Wildman–Crippen MR) is 149 cm³/mol. The fraction of sp³-hybridized carbons (Fsp3) is 0.613. The van der Waals surface area contributed by atoms with Gasteiger partial charge in [0.15, 0.2) is 0 Å². The minimum atomic E-state index is -0.937. The third kappa shape index (κ3) is 5.24. The van der Waals surface area contributed by atoms with Crippen molar-refractivity contribution in [2.45, 2.75) is 97.0 Å². The molecule has 2 N–H and O–H groups in total. The summed E-state index contributed by atoms with van der Waals surface area (Å²) < 4.78 is 6.17. The van der Waals surface area contributed by atoms with Crippen LogP contribution in [0.15, 0.2) is 41.0 Å². The molecular weight excluding hydrogens is 477 g/mol. The number of amides is 2. The number of hydrogen-bond acceptors (Lipinski definition) is 5. The average Bonchev–Trinajstić information content (AvgIpc) is 3.15. The molecule has 4 atom stereocenters. The van der Waals surface area contributed by atoms with Crippen molar-refractivity contribution in [3.63, 3.8) is 0 Å². The van der Waals surface area contributed by atoms with Gasteiger partial charge in [-0.25, -0.2) is 0 Å². The Hall–Kier alpha value is -2.38. The Morgan fingerprint density at radius 1 is 1.16 bits per heavy atom. The average molecular weight is 519 g/mol. The van der Waals surface area contributed by atoms with Gasteiger partial charge in [-0.3, -0.25) is 14.5 Å². The van der Waals surface area contributed by atoms with Crippen LogP contribution in [-0.4, -0.2) is 46.1 Å². The van der Waals surface area contributed by atoms with Gasteiger partial charge in [0.2, 0.25) is 11.8 Å². The van der Waals surface area contributed by atoms with Gasteiger partial charge in [-0.1, -0.05) is 69.4 Å². The maximum atomic E-state index is 13.9. The number of likely N-dealkylation sites (tertiary alicyclic amines) is 1. The summed E-state index contributed by atoms with van der Waals surface area (Å²) in [5, 5.41) is 20.7. The Labute approximate surface area is 227 Å². The Morgan fingerprint density at radius 2 is 1.92 bits per heavy atom. The summed E-state index contributed by atoms with van der Waals surface area (Å²) in [4.78, 5) is 29.2. The number of hydrogen-bond donors (Lipinski definition) is 2. The van der Waals surface area contributed by atoms with E-state index in [2.05, 4.69) is 26.8 Å². The lowest BCUT2D eigenvalue weighted by Crippen LogP contribution is -2.47. The van der Waals surface area contributed by atoms with Crippen LogP contribution in [-0.2, 0) is 14.2 Å². The molecule has 6 nitrogen and oxygen atoms in total. The van der Waals surface area contributed by atoms with Crippen LogP contribution in [0.3, 0.4) is 0 Å². The Morgan fingerprint density at radius 3 is 2.61 bits per heavy atom. The Balaban J connectivity index is 1.42. The molecule has 2 amide bonds. The molecule has 0 radical (unpaired) electrons. The van der Waals surface area contributed by atoms with Gasteiger partial charge in [0.1, 0.15) is 5.75 Å². The summed E-state index contributed by atoms with van der Waals surface area (Å²) in [6.45, 7) is 6.46. The first-order valence-electron chi connectivity index (χ1n) is 14.7. The molecule has 0 aromatic heterocycles. The largest absolute Gasteiger partial charge is 0.508 e. The minimum absolute atomic E-state index is 0.0110. The zero-order valence-electron chi connectivity index (χ0n) is 23.1. The number of imide groups is 1. The molecule has 0 bridgehead atoms. The van der Waals surface area contributed by atoms with E-state index in [1.807, 2.05) is 12.1 Å². The van der Waals surface area contributed by atoms with Crippen molar-refractivity contribution < 1.29 is 24.4 Å². The standard InChI is InChI=1S/C31H42BNO5/c1-4-20(15-21-9-8-12-23(34)16-21)13-14-27-28-24(19(2)3)17-25-29(26(28)18-32(37)38-27)31(36)33(30(25)35)22-10-6-5-7-11-22/h8-9,12,15-16,19,22,25-27,29,34,37H,4-7,10-11,13-14,17-18H2,1-3H3/b20-15+/t25-,26+,27-,29-/m1/s1. The first-order chi connectivity index (χ1) is 18.3. The van der Waals surface area contributed by atoms with E-state index in [1.165, 1.54) is 23.1 Å². The summed E-state index contributed by atoms with van der Waals surface area (Å²) >= 11 is 0. The van der Waals surface area contributed by atoms with Gasteiger partial charge < -0.3 is 14.8 Å². The molecule has 5 rings (SSSR count). The molecule has 1 aromatic rings. The maximum Gasteiger partial charge on any atom is 0.455 e. The van der Waals surface area contributed by atoms with E-state index in [0.717, 1.165) is 44.1 Å². The highest BCUT2D eigenvalue weighted by Crippen LogP contribution is 2.52. The van der Waals surface area contributed by atoms with E-state index in [1.54, 1.807) is 17.0 Å². The van der Waals surface area contributed by atoms with Crippen molar-refractivity contribution in [1.82, 2.24) is 4.90 Å². The molecule has 4 aliphatic rings. The fourth-order valence-electron chi connectivity index (χ4n) is 7.49. The van der Waals surface area contributed by atoms with Crippen molar-refractivity contribution >= 4 is 25.0 Å². The molecular formula is C31H42BNO5. The van der Waals surface area contributed by atoms with E-state index >= 15 is 0 Å². The van der Waals surface area contributed by atoms with Gasteiger partial charge in [-0.2, -0.15) is 0 Å². The molecule has 7 heteroatoms. The number of allylic oxidation sites excluding steroid dienone is 2. The molecule has 1 aromatic carbocycles. The van der Waals surface area contributed by atoms with Crippen molar-refractivity contribution in [2.24, 2.45) is 23.7 Å². The Bertz CT molecular complexity index is 1120. The van der Waals surface area contributed by atoms with Crippen LogP contribution >= 0.6 is 0 Å². The first kappa shape index (κ1) is 27.2. The summed E-state index contributed by atoms with van der Waals surface area (Å²) in [5.74, 6) is -0.334. The second-order valence-corrected chi connectivity index (χ2v) is 12.0. The van der Waals surface area contributed by atoms with Crippen molar-refractivity contribution in [1.29, 1.82) is 0 Å². The second kappa shape index (κ2) is 11.4. The number of phenolic OH excluding ortho intramolecular Hbond substituents is 1. The summed E-state index contributed by atoms with van der Waals surface area (Å²) in [5.41, 5.74) is 4.62. The first-order valence-corrected chi connectivity index (χ1v) is 14.7. The zero-order chi connectivity index (χ0) is 27.0. The molecule has 2 heterocycles. The van der Waals surface area contributed by atoms with Crippen LogP contribution < -0.4 is 0 Å². The molecule has 204 valence electrons. The highest BCUT2D eigenvalue weighted by molar-refractivity contribution is 6.43. The minimum Gasteiger partial charge on any atom is -0.508 e. The molecule has 0 spiro atoms.